The number of rotatable bonds is 7. The summed E-state index contributed by atoms with van der Waals surface area (Å²) in [6.07, 6.45) is 1.46. The molecule has 0 radical (unpaired) electrons. The molecule has 0 saturated carbocycles. The molecule has 9 heteroatoms. The molecule has 8 nitrogen and oxygen atoms in total. The Morgan fingerprint density at radius 1 is 1.39 bits per heavy atom. The number of hydrogen-bond acceptors (Lipinski definition) is 5. The van der Waals surface area contributed by atoms with Crippen molar-refractivity contribution >= 4 is 30.1 Å². The monoisotopic (exact) mass is 346 g/mol. The third kappa shape index (κ3) is 7.16. The van der Waals surface area contributed by atoms with Crippen molar-refractivity contribution in [3.05, 3.63) is 28.7 Å². The lowest BCUT2D eigenvalue weighted by molar-refractivity contribution is -0.143. The Labute approximate surface area is 141 Å². The lowest BCUT2D eigenvalue weighted by Crippen LogP contribution is -2.42. The molecule has 0 bridgehead atoms. The molecule has 0 aliphatic heterocycles. The van der Waals surface area contributed by atoms with Gasteiger partial charge in [-0.15, -0.1) is 12.4 Å². The summed E-state index contributed by atoms with van der Waals surface area (Å²) < 4.78 is 5.98. The van der Waals surface area contributed by atoms with Crippen LogP contribution in [0.1, 0.15) is 13.8 Å². The van der Waals surface area contributed by atoms with Gasteiger partial charge in [-0.05, 0) is 33.0 Å². The molecule has 0 spiro atoms. The SMILES string of the molecule is CCOC(=O)Cn1cccc(NC(=O)NC(C)CNC)c1=O.Cl. The molecule has 0 fully saturated rings. The standard InChI is InChI=1S/C14H22N4O4.ClH/c1-4-22-12(19)9-18-7-5-6-11(13(18)20)17-14(21)16-10(2)8-15-3;/h5-7,10,15H,4,8-9H2,1-3H3,(H2,16,17,21);1H. The molecule has 130 valence electrons. The van der Waals surface area contributed by atoms with E-state index in [-0.39, 0.29) is 37.3 Å². The molecule has 0 saturated heterocycles. The number of nitrogens with one attached hydrogen (secondary N) is 3. The fourth-order valence-corrected chi connectivity index (χ4v) is 1.84. The maximum Gasteiger partial charge on any atom is 0.326 e. The van der Waals surface area contributed by atoms with Gasteiger partial charge in [0.2, 0.25) is 0 Å². The molecule has 0 aliphatic carbocycles. The summed E-state index contributed by atoms with van der Waals surface area (Å²) in [7, 11) is 1.78. The number of halogens is 1. The fraction of sp³-hybridized carbons (Fsp3) is 0.500. The molecular formula is C14H23ClN4O4. The van der Waals surface area contributed by atoms with Gasteiger partial charge in [0.25, 0.3) is 5.56 Å². The van der Waals surface area contributed by atoms with Crippen molar-refractivity contribution in [3.8, 4) is 0 Å². The number of urea groups is 1. The molecule has 1 heterocycles. The molecule has 3 N–H and O–H groups in total. The number of aromatic nitrogens is 1. The summed E-state index contributed by atoms with van der Waals surface area (Å²) in [5.74, 6) is -0.506. The number of anilines is 1. The summed E-state index contributed by atoms with van der Waals surface area (Å²) >= 11 is 0. The van der Waals surface area contributed by atoms with Crippen LogP contribution in [0.2, 0.25) is 0 Å². The van der Waals surface area contributed by atoms with Crippen LogP contribution in [0.25, 0.3) is 0 Å². The minimum atomic E-state index is -0.506. The van der Waals surface area contributed by atoms with Crippen molar-refractivity contribution in [2.45, 2.75) is 26.4 Å². The Hall–Kier alpha value is -2.06. The molecule has 1 aromatic heterocycles. The second-order valence-corrected chi connectivity index (χ2v) is 4.72. The van der Waals surface area contributed by atoms with Crippen molar-refractivity contribution < 1.29 is 14.3 Å². The number of ether oxygens (including phenoxy) is 1. The van der Waals surface area contributed by atoms with Crippen LogP contribution in [-0.2, 0) is 16.1 Å². The number of pyridine rings is 1. The average Bonchev–Trinajstić information content (AvgIpc) is 2.43. The summed E-state index contributed by atoms with van der Waals surface area (Å²) in [5, 5.41) is 8.10. The highest BCUT2D eigenvalue weighted by Gasteiger charge is 2.11. The van der Waals surface area contributed by atoms with Crippen molar-refractivity contribution in [1.82, 2.24) is 15.2 Å². The first-order chi connectivity index (χ1) is 10.5. The maximum absolute atomic E-state index is 12.2. The highest BCUT2D eigenvalue weighted by Crippen LogP contribution is 1.99. The number of likely N-dealkylation sites (N-methyl/N-ethyl adjacent to an activating group) is 1. The average molecular weight is 347 g/mol. The van der Waals surface area contributed by atoms with Crippen molar-refractivity contribution in [2.75, 3.05) is 25.5 Å². The van der Waals surface area contributed by atoms with E-state index in [1.807, 2.05) is 6.92 Å². The smallest absolute Gasteiger partial charge is 0.326 e. The zero-order valence-corrected chi connectivity index (χ0v) is 14.2. The summed E-state index contributed by atoms with van der Waals surface area (Å²) in [5.41, 5.74) is -0.368. The Morgan fingerprint density at radius 3 is 2.70 bits per heavy atom. The van der Waals surface area contributed by atoms with Crippen LogP contribution in [0, 0.1) is 0 Å². The van der Waals surface area contributed by atoms with Gasteiger partial charge in [-0.3, -0.25) is 9.59 Å². The van der Waals surface area contributed by atoms with Gasteiger partial charge < -0.3 is 25.3 Å². The third-order valence-corrected chi connectivity index (χ3v) is 2.76. The first-order valence-electron chi connectivity index (χ1n) is 7.05. The van der Waals surface area contributed by atoms with E-state index in [4.69, 9.17) is 4.74 Å². The first kappa shape index (κ1) is 20.9. The van der Waals surface area contributed by atoms with Gasteiger partial charge in [-0.1, -0.05) is 0 Å². The van der Waals surface area contributed by atoms with Gasteiger partial charge in [0.15, 0.2) is 0 Å². The molecule has 1 aromatic rings. The summed E-state index contributed by atoms with van der Waals surface area (Å²) in [6.45, 7) is 4.18. The zero-order chi connectivity index (χ0) is 16.5. The van der Waals surface area contributed by atoms with E-state index in [1.165, 1.54) is 16.8 Å². The molecule has 1 rings (SSSR count). The number of hydrogen-bond donors (Lipinski definition) is 3. The van der Waals surface area contributed by atoms with Crippen LogP contribution < -0.4 is 21.5 Å². The lowest BCUT2D eigenvalue weighted by Gasteiger charge is -2.14. The number of carbonyl (C=O) groups is 2. The van der Waals surface area contributed by atoms with Crippen LogP contribution in [0.4, 0.5) is 10.5 Å². The Balaban J connectivity index is 0.00000484. The molecule has 1 unspecified atom stereocenters. The quantitative estimate of drug-likeness (QED) is 0.626. The van der Waals surface area contributed by atoms with E-state index in [1.54, 1.807) is 20.0 Å². The Morgan fingerprint density at radius 2 is 2.09 bits per heavy atom. The number of amides is 2. The minimum Gasteiger partial charge on any atom is -0.465 e. The Bertz CT molecular complexity index is 576. The molecule has 23 heavy (non-hydrogen) atoms. The van der Waals surface area contributed by atoms with Crippen LogP contribution in [-0.4, -0.2) is 42.8 Å². The topological polar surface area (TPSA) is 101 Å². The number of nitrogens with zero attached hydrogens (tertiary/aromatic N) is 1. The van der Waals surface area contributed by atoms with E-state index in [0.29, 0.717) is 6.54 Å². The highest BCUT2D eigenvalue weighted by atomic mass is 35.5. The predicted octanol–water partition coefficient (Wildman–Crippen LogP) is 0.563. The number of esters is 1. The van der Waals surface area contributed by atoms with E-state index < -0.39 is 17.6 Å². The van der Waals surface area contributed by atoms with Gasteiger partial charge >= 0.3 is 12.0 Å². The zero-order valence-electron chi connectivity index (χ0n) is 13.4. The summed E-state index contributed by atoms with van der Waals surface area (Å²) in [6, 6.07) is 2.49. The highest BCUT2D eigenvalue weighted by molar-refractivity contribution is 5.89. The van der Waals surface area contributed by atoms with Crippen LogP contribution in [0.5, 0.6) is 0 Å². The second kappa shape index (κ2) is 10.6. The summed E-state index contributed by atoms with van der Waals surface area (Å²) in [4.78, 5) is 35.4. The van der Waals surface area contributed by atoms with Crippen molar-refractivity contribution in [1.29, 1.82) is 0 Å². The molecule has 2 amide bonds. The van der Waals surface area contributed by atoms with Gasteiger partial charge in [0, 0.05) is 18.8 Å². The van der Waals surface area contributed by atoms with Crippen molar-refractivity contribution in [2.24, 2.45) is 0 Å². The van der Waals surface area contributed by atoms with Crippen LogP contribution in [0.3, 0.4) is 0 Å². The van der Waals surface area contributed by atoms with Crippen molar-refractivity contribution in [3.63, 3.8) is 0 Å². The lowest BCUT2D eigenvalue weighted by atomic mass is 10.3. The Kier molecular flexibility index (Phi) is 9.68. The van der Waals surface area contributed by atoms with Gasteiger partial charge in [0.1, 0.15) is 12.2 Å². The molecule has 0 aromatic carbocycles. The minimum absolute atomic E-state index is 0. The molecule has 0 aliphatic rings. The third-order valence-electron chi connectivity index (χ3n) is 2.76. The van der Waals surface area contributed by atoms with E-state index in [9.17, 15) is 14.4 Å². The van der Waals surface area contributed by atoms with Gasteiger partial charge in [-0.2, -0.15) is 0 Å². The predicted molar refractivity (Wildman–Crippen MR) is 90.1 cm³/mol. The van der Waals surface area contributed by atoms with Gasteiger partial charge in [-0.25, -0.2) is 4.79 Å². The molecular weight excluding hydrogens is 324 g/mol. The maximum atomic E-state index is 12.2. The van der Waals surface area contributed by atoms with Crippen LogP contribution >= 0.6 is 12.4 Å². The normalized spacial score (nSPS) is 11.1. The fourth-order valence-electron chi connectivity index (χ4n) is 1.84. The van der Waals surface area contributed by atoms with E-state index in [2.05, 4.69) is 16.0 Å². The molecule has 1 atom stereocenters. The second-order valence-electron chi connectivity index (χ2n) is 4.72. The largest absolute Gasteiger partial charge is 0.465 e. The first-order valence-corrected chi connectivity index (χ1v) is 7.05. The van der Waals surface area contributed by atoms with Crippen LogP contribution in [0.15, 0.2) is 23.1 Å². The number of carbonyl (C=O) groups excluding carboxylic acids is 2. The van der Waals surface area contributed by atoms with E-state index >= 15 is 0 Å². The van der Waals surface area contributed by atoms with E-state index in [0.717, 1.165) is 0 Å². The van der Waals surface area contributed by atoms with Gasteiger partial charge in [0.05, 0.1) is 6.61 Å².